The maximum atomic E-state index is 5.81. The van der Waals surface area contributed by atoms with E-state index in [-0.39, 0.29) is 0 Å². The van der Waals surface area contributed by atoms with E-state index in [4.69, 9.17) is 15.0 Å². The standard InChI is InChI=1S/C21H26N4O2/c1-3-25(4-2)13-14-26-19-11-9-18(10-12-19)21-23-20(24-27-21)17-7-5-16(15-22)6-8-17/h5-12H,3-4,13-15,22H2,1-2H3. The number of aromatic nitrogens is 2. The highest BCUT2D eigenvalue weighted by Gasteiger charge is 2.11. The summed E-state index contributed by atoms with van der Waals surface area (Å²) < 4.78 is 11.2. The van der Waals surface area contributed by atoms with Crippen molar-refractivity contribution in [1.29, 1.82) is 0 Å². The first kappa shape index (κ1) is 19.1. The number of benzene rings is 2. The third-order valence-electron chi connectivity index (χ3n) is 4.55. The van der Waals surface area contributed by atoms with Crippen LogP contribution in [0.1, 0.15) is 19.4 Å². The van der Waals surface area contributed by atoms with Crippen LogP contribution in [0, 0.1) is 0 Å². The Hall–Kier alpha value is -2.70. The molecule has 1 heterocycles. The van der Waals surface area contributed by atoms with Gasteiger partial charge < -0.3 is 19.9 Å². The molecule has 3 rings (SSSR count). The van der Waals surface area contributed by atoms with Gasteiger partial charge in [-0.1, -0.05) is 43.3 Å². The van der Waals surface area contributed by atoms with Crippen LogP contribution in [0.5, 0.6) is 5.75 Å². The van der Waals surface area contributed by atoms with E-state index in [2.05, 4.69) is 28.9 Å². The van der Waals surface area contributed by atoms with Crippen molar-refractivity contribution < 1.29 is 9.26 Å². The van der Waals surface area contributed by atoms with Crippen LogP contribution in [-0.4, -0.2) is 41.3 Å². The highest BCUT2D eigenvalue weighted by Crippen LogP contribution is 2.24. The molecule has 0 bridgehead atoms. The van der Waals surface area contributed by atoms with E-state index in [1.807, 2.05) is 48.5 Å². The third kappa shape index (κ3) is 4.93. The van der Waals surface area contributed by atoms with Gasteiger partial charge in [-0.3, -0.25) is 0 Å². The molecule has 6 heteroatoms. The molecule has 0 atom stereocenters. The van der Waals surface area contributed by atoms with Crippen LogP contribution in [0.15, 0.2) is 53.1 Å². The first-order chi connectivity index (χ1) is 13.2. The van der Waals surface area contributed by atoms with Gasteiger partial charge in [0.15, 0.2) is 0 Å². The van der Waals surface area contributed by atoms with E-state index in [0.29, 0.717) is 24.9 Å². The Morgan fingerprint density at radius 2 is 1.63 bits per heavy atom. The molecular weight excluding hydrogens is 340 g/mol. The Morgan fingerprint density at radius 1 is 0.963 bits per heavy atom. The summed E-state index contributed by atoms with van der Waals surface area (Å²) in [6, 6.07) is 15.6. The van der Waals surface area contributed by atoms with Crippen LogP contribution in [0.4, 0.5) is 0 Å². The molecule has 0 aliphatic rings. The maximum absolute atomic E-state index is 5.81. The molecule has 27 heavy (non-hydrogen) atoms. The van der Waals surface area contributed by atoms with Gasteiger partial charge in [-0.25, -0.2) is 0 Å². The molecule has 142 valence electrons. The molecule has 0 saturated carbocycles. The van der Waals surface area contributed by atoms with E-state index in [1.165, 1.54) is 0 Å². The smallest absolute Gasteiger partial charge is 0.258 e. The van der Waals surface area contributed by atoms with E-state index < -0.39 is 0 Å². The van der Waals surface area contributed by atoms with Crippen molar-refractivity contribution in [2.24, 2.45) is 5.73 Å². The monoisotopic (exact) mass is 366 g/mol. The SMILES string of the molecule is CCN(CC)CCOc1ccc(-c2nc(-c3ccc(CN)cc3)no2)cc1. The lowest BCUT2D eigenvalue weighted by atomic mass is 10.1. The highest BCUT2D eigenvalue weighted by molar-refractivity contribution is 5.60. The first-order valence-electron chi connectivity index (χ1n) is 9.32. The number of hydrogen-bond donors (Lipinski definition) is 1. The van der Waals surface area contributed by atoms with Gasteiger partial charge in [-0.2, -0.15) is 4.98 Å². The number of nitrogens with two attached hydrogens (primary N) is 1. The average molecular weight is 366 g/mol. The van der Waals surface area contributed by atoms with Gasteiger partial charge in [0.05, 0.1) is 0 Å². The zero-order valence-electron chi connectivity index (χ0n) is 15.9. The number of likely N-dealkylation sites (N-methyl/N-ethyl adjacent to an activating group) is 1. The minimum Gasteiger partial charge on any atom is -0.492 e. The third-order valence-corrected chi connectivity index (χ3v) is 4.55. The Morgan fingerprint density at radius 3 is 2.26 bits per heavy atom. The second-order valence-electron chi connectivity index (χ2n) is 6.22. The summed E-state index contributed by atoms with van der Waals surface area (Å²) in [6.07, 6.45) is 0. The van der Waals surface area contributed by atoms with Crippen LogP contribution >= 0.6 is 0 Å². The maximum Gasteiger partial charge on any atom is 0.258 e. The van der Waals surface area contributed by atoms with Gasteiger partial charge in [0, 0.05) is 24.2 Å². The molecule has 2 N–H and O–H groups in total. The fourth-order valence-corrected chi connectivity index (χ4v) is 2.77. The van der Waals surface area contributed by atoms with Gasteiger partial charge in [-0.05, 0) is 42.9 Å². The second-order valence-corrected chi connectivity index (χ2v) is 6.22. The van der Waals surface area contributed by atoms with Gasteiger partial charge in [0.1, 0.15) is 12.4 Å². The van der Waals surface area contributed by atoms with E-state index in [0.717, 1.165) is 42.1 Å². The highest BCUT2D eigenvalue weighted by atomic mass is 16.5. The van der Waals surface area contributed by atoms with E-state index in [1.54, 1.807) is 0 Å². The summed E-state index contributed by atoms with van der Waals surface area (Å²) >= 11 is 0. The fourth-order valence-electron chi connectivity index (χ4n) is 2.77. The van der Waals surface area contributed by atoms with Crippen molar-refractivity contribution in [3.63, 3.8) is 0 Å². The van der Waals surface area contributed by atoms with Crippen LogP contribution in [0.2, 0.25) is 0 Å². The summed E-state index contributed by atoms with van der Waals surface area (Å²) in [6.45, 7) is 8.49. The van der Waals surface area contributed by atoms with E-state index in [9.17, 15) is 0 Å². The summed E-state index contributed by atoms with van der Waals surface area (Å²) in [5.41, 5.74) is 8.46. The van der Waals surface area contributed by atoms with Crippen LogP contribution < -0.4 is 10.5 Å². The summed E-state index contributed by atoms with van der Waals surface area (Å²) in [4.78, 5) is 6.81. The van der Waals surface area contributed by atoms with Gasteiger partial charge in [0.2, 0.25) is 5.82 Å². The molecule has 2 aromatic carbocycles. The Bertz CT molecular complexity index is 824. The molecule has 0 amide bonds. The van der Waals surface area contributed by atoms with Crippen LogP contribution in [-0.2, 0) is 6.54 Å². The molecule has 0 aliphatic carbocycles. The lowest BCUT2D eigenvalue weighted by molar-refractivity contribution is 0.223. The van der Waals surface area contributed by atoms with Crippen molar-refractivity contribution in [3.05, 3.63) is 54.1 Å². The Balaban J connectivity index is 1.62. The van der Waals surface area contributed by atoms with Crippen LogP contribution in [0.3, 0.4) is 0 Å². The molecular formula is C21H26N4O2. The summed E-state index contributed by atoms with van der Waals surface area (Å²) in [5, 5.41) is 4.07. The number of ether oxygens (including phenoxy) is 1. The molecule has 0 radical (unpaired) electrons. The molecule has 1 aromatic heterocycles. The molecule has 0 saturated heterocycles. The summed E-state index contributed by atoms with van der Waals surface area (Å²) in [7, 11) is 0. The van der Waals surface area contributed by atoms with Gasteiger partial charge in [-0.15, -0.1) is 0 Å². The molecule has 3 aromatic rings. The van der Waals surface area contributed by atoms with Crippen molar-refractivity contribution >= 4 is 0 Å². The van der Waals surface area contributed by atoms with Crippen molar-refractivity contribution in [1.82, 2.24) is 15.0 Å². The van der Waals surface area contributed by atoms with E-state index >= 15 is 0 Å². The first-order valence-corrected chi connectivity index (χ1v) is 9.32. The van der Waals surface area contributed by atoms with Gasteiger partial charge in [0.25, 0.3) is 5.89 Å². The minimum absolute atomic E-state index is 0.489. The normalized spacial score (nSPS) is 11.1. The molecule has 0 unspecified atom stereocenters. The number of nitrogens with zero attached hydrogens (tertiary/aromatic N) is 3. The van der Waals surface area contributed by atoms with Crippen molar-refractivity contribution in [2.75, 3.05) is 26.2 Å². The average Bonchev–Trinajstić information content (AvgIpc) is 3.22. The zero-order chi connectivity index (χ0) is 19.1. The predicted molar refractivity (Wildman–Crippen MR) is 106 cm³/mol. The molecule has 0 spiro atoms. The predicted octanol–water partition coefficient (Wildman–Crippen LogP) is 3.58. The number of rotatable bonds is 9. The lowest BCUT2D eigenvalue weighted by Crippen LogP contribution is -2.27. The van der Waals surface area contributed by atoms with Crippen molar-refractivity contribution in [2.45, 2.75) is 20.4 Å². The Kier molecular flexibility index (Phi) is 6.57. The van der Waals surface area contributed by atoms with Crippen molar-refractivity contribution in [3.8, 4) is 28.6 Å². The van der Waals surface area contributed by atoms with Crippen LogP contribution in [0.25, 0.3) is 22.8 Å². The molecule has 6 nitrogen and oxygen atoms in total. The fraction of sp³-hybridized carbons (Fsp3) is 0.333. The number of hydrogen-bond acceptors (Lipinski definition) is 6. The second kappa shape index (κ2) is 9.30. The molecule has 0 aliphatic heterocycles. The minimum atomic E-state index is 0.489. The topological polar surface area (TPSA) is 77.4 Å². The quantitative estimate of drug-likeness (QED) is 0.624. The van der Waals surface area contributed by atoms with Gasteiger partial charge >= 0.3 is 0 Å². The lowest BCUT2D eigenvalue weighted by Gasteiger charge is -2.17. The summed E-state index contributed by atoms with van der Waals surface area (Å²) in [5.74, 6) is 1.89. The zero-order valence-corrected chi connectivity index (χ0v) is 15.9. The molecule has 0 fully saturated rings. The largest absolute Gasteiger partial charge is 0.492 e. The Labute approximate surface area is 159 Å².